The van der Waals surface area contributed by atoms with Gasteiger partial charge in [0.15, 0.2) is 0 Å². The molecular weight excluding hydrogens is 423 g/mol. The molecule has 2 aromatic rings. The second-order valence-corrected chi connectivity index (χ2v) is 8.97. The molecule has 2 heterocycles. The summed E-state index contributed by atoms with van der Waals surface area (Å²) in [6, 6.07) is 16.6. The monoisotopic (exact) mass is 456 g/mol. The van der Waals surface area contributed by atoms with Crippen molar-refractivity contribution in [3.8, 4) is 0 Å². The molecule has 178 valence electrons. The minimum atomic E-state index is -0.517. The number of amides is 1. The number of rotatable bonds is 7. The number of β-amino-alcohol motifs (C(OH)–C–C–N with tert-alkyl or cyclic N) is 1. The Kier molecular flexibility index (Phi) is 8.45. The highest BCUT2D eigenvalue weighted by Gasteiger charge is 2.37. The fourth-order valence-corrected chi connectivity index (χ4v) is 4.70. The maximum Gasteiger partial charge on any atom is 0.222 e. The first-order chi connectivity index (χ1) is 16.1. The first-order valence-electron chi connectivity index (χ1n) is 11.8. The lowest BCUT2D eigenvalue weighted by atomic mass is 9.94. The number of hydrogen-bond acceptors (Lipinski definition) is 5. The van der Waals surface area contributed by atoms with Crippen LogP contribution in [-0.2, 0) is 27.2 Å². The van der Waals surface area contributed by atoms with Gasteiger partial charge in [-0.1, -0.05) is 42.5 Å². The van der Waals surface area contributed by atoms with Gasteiger partial charge in [-0.05, 0) is 42.5 Å². The molecule has 4 atom stereocenters. The van der Waals surface area contributed by atoms with Crippen LogP contribution in [-0.4, -0.2) is 66.6 Å². The second-order valence-electron chi connectivity index (χ2n) is 8.97. The first kappa shape index (κ1) is 23.8. The standard InChI is InChI=1S/C26H33FN2O4/c27-21-8-6-20(7-9-21)15-28-26(31)14-23-10-11-24-25(33-23)18-32-17-22(30)16-29(24)13-12-19-4-2-1-3-5-19/h1-9,22-25,30H,10-18H2,(H,28,31)/t22-,23-,24-,25+/m0/s1. The minimum absolute atomic E-state index is 0.0779. The minimum Gasteiger partial charge on any atom is -0.389 e. The van der Waals surface area contributed by atoms with Crippen molar-refractivity contribution in [1.29, 1.82) is 0 Å². The SMILES string of the molecule is O=C(C[C@@H]1CC[C@H]2[C@@H](COC[C@@H](O)CN2CCc2ccccc2)O1)NCc1ccc(F)cc1. The molecule has 7 heteroatoms. The molecule has 0 bridgehead atoms. The Balaban J connectivity index is 1.30. The smallest absolute Gasteiger partial charge is 0.222 e. The lowest BCUT2D eigenvalue weighted by Crippen LogP contribution is -2.56. The van der Waals surface area contributed by atoms with Crippen LogP contribution in [0.4, 0.5) is 4.39 Å². The topological polar surface area (TPSA) is 71.0 Å². The van der Waals surface area contributed by atoms with E-state index in [-0.39, 0.29) is 43.0 Å². The van der Waals surface area contributed by atoms with Gasteiger partial charge in [0.05, 0.1) is 37.9 Å². The van der Waals surface area contributed by atoms with Gasteiger partial charge in [0.2, 0.25) is 5.91 Å². The molecule has 0 saturated carbocycles. The predicted molar refractivity (Wildman–Crippen MR) is 123 cm³/mol. The van der Waals surface area contributed by atoms with Gasteiger partial charge in [0.1, 0.15) is 5.82 Å². The summed E-state index contributed by atoms with van der Waals surface area (Å²) >= 11 is 0. The lowest BCUT2D eigenvalue weighted by Gasteiger charge is -2.44. The van der Waals surface area contributed by atoms with Crippen LogP contribution in [0.15, 0.2) is 54.6 Å². The van der Waals surface area contributed by atoms with Gasteiger partial charge in [-0.3, -0.25) is 9.69 Å². The van der Waals surface area contributed by atoms with Gasteiger partial charge in [0, 0.05) is 25.7 Å². The van der Waals surface area contributed by atoms with E-state index in [1.54, 1.807) is 12.1 Å². The van der Waals surface area contributed by atoms with Gasteiger partial charge >= 0.3 is 0 Å². The number of halogens is 1. The highest BCUT2D eigenvalue weighted by atomic mass is 19.1. The number of nitrogens with zero attached hydrogens (tertiary/aromatic N) is 1. The van der Waals surface area contributed by atoms with E-state index in [4.69, 9.17) is 9.47 Å². The average Bonchev–Trinajstić information content (AvgIpc) is 2.81. The number of nitrogens with one attached hydrogen (secondary N) is 1. The molecule has 2 fully saturated rings. The Morgan fingerprint density at radius 3 is 2.64 bits per heavy atom. The summed E-state index contributed by atoms with van der Waals surface area (Å²) in [5.41, 5.74) is 2.13. The number of aliphatic hydroxyl groups excluding tert-OH is 1. The number of carbonyl (C=O) groups is 1. The maximum atomic E-state index is 13.0. The quantitative estimate of drug-likeness (QED) is 0.671. The van der Waals surface area contributed by atoms with E-state index in [0.29, 0.717) is 19.7 Å². The summed E-state index contributed by atoms with van der Waals surface area (Å²) in [6.45, 7) is 2.47. The van der Waals surface area contributed by atoms with E-state index in [1.807, 2.05) is 18.2 Å². The average molecular weight is 457 g/mol. The Hall–Kier alpha value is -2.32. The Morgan fingerprint density at radius 1 is 1.06 bits per heavy atom. The number of fused-ring (bicyclic) bond motifs is 1. The molecule has 33 heavy (non-hydrogen) atoms. The molecule has 0 radical (unpaired) electrons. The fraction of sp³-hybridized carbons (Fsp3) is 0.500. The van der Waals surface area contributed by atoms with Crippen molar-refractivity contribution in [3.63, 3.8) is 0 Å². The van der Waals surface area contributed by atoms with E-state index >= 15 is 0 Å². The van der Waals surface area contributed by atoms with Crippen LogP contribution in [0.1, 0.15) is 30.4 Å². The first-order valence-corrected chi connectivity index (χ1v) is 11.8. The zero-order chi connectivity index (χ0) is 23.0. The molecule has 2 aliphatic rings. The third-order valence-electron chi connectivity index (χ3n) is 6.43. The van der Waals surface area contributed by atoms with Gasteiger partial charge in [-0.15, -0.1) is 0 Å². The maximum absolute atomic E-state index is 13.0. The van der Waals surface area contributed by atoms with Crippen molar-refractivity contribution in [1.82, 2.24) is 10.2 Å². The van der Waals surface area contributed by atoms with Crippen molar-refractivity contribution in [2.45, 2.75) is 56.6 Å². The van der Waals surface area contributed by atoms with Crippen LogP contribution >= 0.6 is 0 Å². The van der Waals surface area contributed by atoms with E-state index in [9.17, 15) is 14.3 Å². The summed E-state index contributed by atoms with van der Waals surface area (Å²) in [5, 5.41) is 13.2. The van der Waals surface area contributed by atoms with Crippen LogP contribution in [0.5, 0.6) is 0 Å². The Bertz CT molecular complexity index is 880. The number of carbonyl (C=O) groups excluding carboxylic acids is 1. The van der Waals surface area contributed by atoms with Crippen molar-refractivity contribution >= 4 is 5.91 Å². The number of hydrogen-bond donors (Lipinski definition) is 2. The van der Waals surface area contributed by atoms with E-state index in [0.717, 1.165) is 31.4 Å². The zero-order valence-corrected chi connectivity index (χ0v) is 18.9. The normalized spacial score (nSPS) is 26.1. The van der Waals surface area contributed by atoms with E-state index < -0.39 is 6.10 Å². The third-order valence-corrected chi connectivity index (χ3v) is 6.43. The molecule has 0 aliphatic carbocycles. The van der Waals surface area contributed by atoms with Gasteiger partial charge in [-0.2, -0.15) is 0 Å². The summed E-state index contributed by atoms with van der Waals surface area (Å²) in [4.78, 5) is 14.8. The summed E-state index contributed by atoms with van der Waals surface area (Å²) in [6.07, 6.45) is 2.07. The molecule has 1 amide bonds. The van der Waals surface area contributed by atoms with Crippen LogP contribution < -0.4 is 5.32 Å². The number of benzene rings is 2. The van der Waals surface area contributed by atoms with Crippen LogP contribution in [0.2, 0.25) is 0 Å². The molecule has 6 nitrogen and oxygen atoms in total. The fourth-order valence-electron chi connectivity index (χ4n) is 4.70. The molecule has 2 N–H and O–H groups in total. The van der Waals surface area contributed by atoms with Crippen molar-refractivity contribution < 1.29 is 23.8 Å². The lowest BCUT2D eigenvalue weighted by molar-refractivity contribution is -0.156. The summed E-state index contributed by atoms with van der Waals surface area (Å²) in [5.74, 6) is -0.368. The van der Waals surface area contributed by atoms with Crippen LogP contribution in [0.3, 0.4) is 0 Å². The van der Waals surface area contributed by atoms with E-state index in [1.165, 1.54) is 17.7 Å². The molecule has 2 aromatic carbocycles. The molecule has 0 unspecified atom stereocenters. The van der Waals surface area contributed by atoms with Crippen LogP contribution in [0.25, 0.3) is 0 Å². The summed E-state index contributed by atoms with van der Waals surface area (Å²) in [7, 11) is 0. The number of ether oxygens (including phenoxy) is 2. The van der Waals surface area contributed by atoms with Gasteiger partial charge in [-0.25, -0.2) is 4.39 Å². The van der Waals surface area contributed by atoms with Crippen LogP contribution in [0, 0.1) is 5.82 Å². The highest BCUT2D eigenvalue weighted by molar-refractivity contribution is 5.76. The van der Waals surface area contributed by atoms with Crippen molar-refractivity contribution in [2.24, 2.45) is 0 Å². The largest absolute Gasteiger partial charge is 0.389 e. The molecule has 0 spiro atoms. The van der Waals surface area contributed by atoms with Crippen molar-refractivity contribution in [3.05, 3.63) is 71.5 Å². The molecule has 4 rings (SSSR count). The molecular formula is C26H33FN2O4. The molecule has 2 aliphatic heterocycles. The Morgan fingerprint density at radius 2 is 1.85 bits per heavy atom. The number of aliphatic hydroxyl groups is 1. The molecule has 0 aromatic heterocycles. The Labute approximate surface area is 194 Å². The van der Waals surface area contributed by atoms with E-state index in [2.05, 4.69) is 22.3 Å². The van der Waals surface area contributed by atoms with Gasteiger partial charge < -0.3 is 19.9 Å². The second kappa shape index (κ2) is 11.7. The predicted octanol–water partition coefficient (Wildman–Crippen LogP) is 2.68. The third kappa shape index (κ3) is 7.08. The highest BCUT2D eigenvalue weighted by Crippen LogP contribution is 2.28. The van der Waals surface area contributed by atoms with Crippen molar-refractivity contribution in [2.75, 3.05) is 26.3 Å². The molecule has 2 saturated heterocycles. The van der Waals surface area contributed by atoms with Gasteiger partial charge in [0.25, 0.3) is 0 Å². The summed E-state index contributed by atoms with van der Waals surface area (Å²) < 4.78 is 25.1. The zero-order valence-electron chi connectivity index (χ0n) is 18.9.